The minimum atomic E-state index is -0.923. The lowest BCUT2D eigenvalue weighted by atomic mass is 9.83. The zero-order valence-corrected chi connectivity index (χ0v) is 48.3. The van der Waals surface area contributed by atoms with Gasteiger partial charge in [0.05, 0.1) is 40.8 Å². The third-order valence-corrected chi connectivity index (χ3v) is 21.2. The molecule has 9 atom stereocenters. The van der Waals surface area contributed by atoms with E-state index in [1.807, 2.05) is 0 Å². The number of nitrogens with zero attached hydrogens (tertiary/aromatic N) is 8. The minimum absolute atomic E-state index is 0.0249. The van der Waals surface area contributed by atoms with Crippen molar-refractivity contribution in [2.45, 2.75) is 179 Å². The zero-order valence-electron chi connectivity index (χ0n) is 47.5. The van der Waals surface area contributed by atoms with Gasteiger partial charge >= 0.3 is 5.97 Å². The van der Waals surface area contributed by atoms with Gasteiger partial charge in [0.25, 0.3) is 5.91 Å². The number of hydrazine groups is 1. The summed E-state index contributed by atoms with van der Waals surface area (Å²) in [6, 6.07) is 5.76. The van der Waals surface area contributed by atoms with E-state index >= 15 is 9.59 Å². The molecule has 10 aliphatic rings. The number of carbonyl (C=O) groups excluding carboxylic acids is 4. The van der Waals surface area contributed by atoms with Crippen LogP contribution in [0.5, 0.6) is 0 Å². The molecule has 8 aliphatic heterocycles. The lowest BCUT2D eigenvalue weighted by Crippen LogP contribution is -2.62. The molecule has 3 N–H and O–H groups in total. The average molecular weight is 1100 g/mol. The Bertz CT molecular complexity index is 2910. The van der Waals surface area contributed by atoms with Gasteiger partial charge in [-0.05, 0) is 134 Å². The molecule has 79 heavy (non-hydrogen) atoms. The smallest absolute Gasteiger partial charge is 0.324 e. The second kappa shape index (κ2) is 21.6. The van der Waals surface area contributed by atoms with Crippen LogP contribution in [0.1, 0.15) is 127 Å². The number of fused-ring (bicyclic) bond motifs is 7. The van der Waals surface area contributed by atoms with Crippen LogP contribution in [0.25, 0.3) is 27.7 Å². The Labute approximate surface area is 470 Å². The van der Waals surface area contributed by atoms with Gasteiger partial charge in [-0.15, -0.1) is 11.3 Å². The van der Waals surface area contributed by atoms with Crippen LogP contribution < -0.4 is 16.1 Å². The van der Waals surface area contributed by atoms with Crippen molar-refractivity contribution in [3.05, 3.63) is 45.5 Å². The number of ether oxygens (including phenoxy) is 2. The quantitative estimate of drug-likeness (QED) is 0.150. The number of aromatic nitrogens is 2. The molecule has 17 nitrogen and oxygen atoms in total. The molecule has 3 aromatic rings. The van der Waals surface area contributed by atoms with E-state index in [1.165, 1.54) is 60.4 Å². The first kappa shape index (κ1) is 53.7. The van der Waals surface area contributed by atoms with Gasteiger partial charge in [0.15, 0.2) is 0 Å². The Morgan fingerprint density at radius 3 is 2.57 bits per heavy atom. The van der Waals surface area contributed by atoms with Crippen molar-refractivity contribution in [3.8, 4) is 11.3 Å². The number of hydrogen-bond donors (Lipinski definition) is 3. The molecule has 8 fully saturated rings. The number of cyclic esters (lactones) is 1. The average Bonchev–Trinajstić information content (AvgIpc) is 4.10. The van der Waals surface area contributed by atoms with E-state index in [4.69, 9.17) is 19.5 Å². The highest BCUT2D eigenvalue weighted by atomic mass is 32.1. The summed E-state index contributed by atoms with van der Waals surface area (Å²) >= 11 is 1.52. The van der Waals surface area contributed by atoms with Crippen LogP contribution in [0.2, 0.25) is 0 Å². The number of amides is 3. The normalized spacial score (nSPS) is 31.8. The summed E-state index contributed by atoms with van der Waals surface area (Å²) in [7, 11) is 1.77. The fraction of sp³-hybridized carbons (Fsp3) is 0.705. The van der Waals surface area contributed by atoms with Crippen molar-refractivity contribution in [1.29, 1.82) is 0 Å². The summed E-state index contributed by atoms with van der Waals surface area (Å²) < 4.78 is 14.9. The number of esters is 1. The molecule has 6 bridgehead atoms. The highest BCUT2D eigenvalue weighted by molar-refractivity contribution is 7.10. The number of nitrogens with one attached hydrogen (secondary N) is 3. The first-order valence-corrected chi connectivity index (χ1v) is 31.4. The van der Waals surface area contributed by atoms with Crippen molar-refractivity contribution in [1.82, 2.24) is 50.2 Å². The Morgan fingerprint density at radius 1 is 0.949 bits per heavy atom. The molecule has 2 saturated carbocycles. The first-order chi connectivity index (χ1) is 38.3. The maximum Gasteiger partial charge on any atom is 0.324 e. The molecule has 10 heterocycles. The van der Waals surface area contributed by atoms with E-state index in [1.54, 1.807) is 12.1 Å². The van der Waals surface area contributed by atoms with Crippen LogP contribution in [-0.2, 0) is 48.0 Å². The van der Waals surface area contributed by atoms with Crippen molar-refractivity contribution in [2.75, 3.05) is 72.6 Å². The van der Waals surface area contributed by atoms with E-state index in [0.29, 0.717) is 43.8 Å². The lowest BCUT2D eigenvalue weighted by molar-refractivity contribution is -0.155. The predicted octanol–water partition coefficient (Wildman–Crippen LogP) is 6.04. The molecular weight excluding hydrogens is 1010 g/mol. The third kappa shape index (κ3) is 10.6. The number of aryl methyl sites for hydroxylation is 1. The van der Waals surface area contributed by atoms with Crippen molar-refractivity contribution in [3.63, 3.8) is 0 Å². The van der Waals surface area contributed by atoms with Crippen molar-refractivity contribution in [2.24, 2.45) is 27.7 Å². The van der Waals surface area contributed by atoms with Gasteiger partial charge in [-0.3, -0.25) is 49.2 Å². The number of aliphatic imine (C=N–C) groups is 1. The van der Waals surface area contributed by atoms with Crippen LogP contribution in [0, 0.1) is 22.7 Å². The molecule has 2 aliphatic carbocycles. The fourth-order valence-corrected chi connectivity index (χ4v) is 16.5. The number of hydrogen-bond acceptors (Lipinski definition) is 14. The first-order valence-electron chi connectivity index (χ1n) is 30.5. The molecule has 13 rings (SSSR count). The van der Waals surface area contributed by atoms with Crippen LogP contribution in [0.15, 0.2) is 34.3 Å². The predicted molar refractivity (Wildman–Crippen MR) is 306 cm³/mol. The summed E-state index contributed by atoms with van der Waals surface area (Å²) in [5, 5.41) is 12.4. The van der Waals surface area contributed by atoms with Gasteiger partial charge in [-0.25, -0.2) is 10.4 Å². The molecule has 18 heteroatoms. The molecule has 6 saturated heterocycles. The Morgan fingerprint density at radius 2 is 1.76 bits per heavy atom. The van der Waals surface area contributed by atoms with E-state index in [0.717, 1.165) is 130 Å². The molecule has 3 amide bonds. The van der Waals surface area contributed by atoms with E-state index in [2.05, 4.69) is 97.7 Å². The highest BCUT2D eigenvalue weighted by Gasteiger charge is 2.55. The minimum Gasteiger partial charge on any atom is -0.464 e. The molecule has 0 radical (unpaired) electrons. The Kier molecular flexibility index (Phi) is 14.7. The van der Waals surface area contributed by atoms with Crippen molar-refractivity contribution < 1.29 is 28.7 Å². The Hall–Kier alpha value is -4.56. The summed E-state index contributed by atoms with van der Waals surface area (Å²) in [6.07, 6.45) is 15.7. The molecular formula is C61H85N11O6S. The van der Waals surface area contributed by atoms with Crippen LogP contribution >= 0.6 is 11.3 Å². The third-order valence-electron chi connectivity index (χ3n) is 20.3. The van der Waals surface area contributed by atoms with Crippen LogP contribution in [0.3, 0.4) is 0 Å². The summed E-state index contributed by atoms with van der Waals surface area (Å²) in [5.41, 5.74) is 10.3. The number of methoxy groups -OCH3 is 1. The van der Waals surface area contributed by atoms with Crippen LogP contribution in [-0.4, -0.2) is 185 Å². The summed E-state index contributed by atoms with van der Waals surface area (Å²) in [4.78, 5) is 78.7. The van der Waals surface area contributed by atoms with Gasteiger partial charge < -0.3 is 24.3 Å². The molecule has 1 spiro atoms. The van der Waals surface area contributed by atoms with E-state index < -0.39 is 17.5 Å². The second-order valence-corrected chi connectivity index (χ2v) is 27.2. The number of thiazole rings is 1. The Balaban J connectivity index is 0.817. The zero-order chi connectivity index (χ0) is 54.3. The summed E-state index contributed by atoms with van der Waals surface area (Å²) in [6.45, 7) is 17.5. The number of piperazine rings is 1. The number of rotatable bonds is 11. The van der Waals surface area contributed by atoms with Crippen molar-refractivity contribution >= 4 is 57.7 Å². The van der Waals surface area contributed by atoms with Gasteiger partial charge in [-0.1, -0.05) is 32.8 Å². The molecule has 426 valence electrons. The topological polar surface area (TPSA) is 179 Å². The largest absolute Gasteiger partial charge is 0.464 e. The molecule has 1 aromatic carbocycles. The monoisotopic (exact) mass is 1100 g/mol. The van der Waals surface area contributed by atoms with Gasteiger partial charge in [0, 0.05) is 128 Å². The fourth-order valence-electron chi connectivity index (χ4n) is 15.7. The van der Waals surface area contributed by atoms with Gasteiger partial charge in [0.1, 0.15) is 18.1 Å². The van der Waals surface area contributed by atoms with E-state index in [9.17, 15) is 9.59 Å². The standard InChI is InChI=1S/C61H85N11O6S/c1-6-71-49-18-17-40-27-43(49)45(55(71)44-28-42(31-62-51(44)37(2)77-5)68-26-25-67-21-9-13-41(67)32-68)30-60(3,4)36-78-59(76)46-14-10-22-72(66-46)57(74)47(29-50-63-48(40)33-79-50)64-56(73)54(39-11-7-8-12-39)69-23-19-61(34-69)20-24-70(35-61)58(75)53-52(65-53)38-15-16-38/h17-18,27,31,33,37-39,41-42,46-47,52-54,65-66H,6-16,19-26,28-30,32,34-36H2,1-5H3,(H,64,73)/t37-,41+,42+,46-,47-,52+,53+,54-,61-/m0/s1. The maximum atomic E-state index is 15.2. The van der Waals surface area contributed by atoms with Gasteiger partial charge in [-0.2, -0.15) is 0 Å². The molecule has 2 aromatic heterocycles. The second-order valence-electron chi connectivity index (χ2n) is 26.3. The molecule has 0 unspecified atom stereocenters. The lowest BCUT2D eigenvalue weighted by Gasteiger charge is -2.42. The summed E-state index contributed by atoms with van der Waals surface area (Å²) in [5.74, 6) is 0.321. The van der Waals surface area contributed by atoms with Gasteiger partial charge in [0.2, 0.25) is 11.8 Å². The maximum absolute atomic E-state index is 15.2. The number of likely N-dealkylation sites (tertiary alicyclic amines) is 2. The highest BCUT2D eigenvalue weighted by Crippen LogP contribution is 2.46. The SMILES string of the molecule is CCn1c(C2=C([C@H](C)OC)N=C[C@H](N3CCN4CCC[C@@H]4C3)C2)c2c3cc(ccc31)-c1csc(n1)C[C@H](NC(=O)[C@H](C1CCCC1)N1CC[C@]3(CCN(C(=O)[C@@H]4N[C@@H]4C4CC4)C3)C1)C(=O)N1CCC[C@H](N1)C(=O)OCC(C)(C)C2. The van der Waals surface area contributed by atoms with Crippen LogP contribution in [0.4, 0.5) is 0 Å². The number of carbonyl (C=O) groups is 4. The number of benzene rings is 1. The van der Waals surface area contributed by atoms with E-state index in [-0.39, 0.29) is 72.3 Å².